The molecule has 0 spiro atoms. The zero-order valence-electron chi connectivity index (χ0n) is 15.6. The molecule has 29 heavy (non-hydrogen) atoms. The molecule has 1 aliphatic rings. The van der Waals surface area contributed by atoms with Crippen molar-refractivity contribution >= 4 is 23.9 Å². The molecule has 1 N–H and O–H groups in total. The first-order valence-electron chi connectivity index (χ1n) is 9.11. The van der Waals surface area contributed by atoms with E-state index in [1.807, 2.05) is 24.3 Å². The van der Waals surface area contributed by atoms with Gasteiger partial charge >= 0.3 is 12.1 Å². The summed E-state index contributed by atoms with van der Waals surface area (Å²) in [5.74, 6) is -2.10. The first-order valence-corrected chi connectivity index (χ1v) is 9.11. The normalized spacial score (nSPS) is 14.4. The molecular formula is C21H20N2O6. The van der Waals surface area contributed by atoms with Gasteiger partial charge < -0.3 is 14.9 Å². The maximum atomic E-state index is 12.6. The SMILES string of the molecule is O=C(NC(Cc1ccccc1)C(=O)ON1C(=O)CCC1=O)OCc1ccccc1. The first kappa shape index (κ1) is 20.1. The van der Waals surface area contributed by atoms with Gasteiger partial charge in [-0.3, -0.25) is 9.59 Å². The summed E-state index contributed by atoms with van der Waals surface area (Å²) in [4.78, 5) is 53.1. The van der Waals surface area contributed by atoms with Crippen molar-refractivity contribution in [3.05, 3.63) is 71.8 Å². The Morgan fingerprint density at radius 3 is 2.03 bits per heavy atom. The Kier molecular flexibility index (Phi) is 6.57. The van der Waals surface area contributed by atoms with Crippen LogP contribution in [-0.2, 0) is 37.0 Å². The standard InChI is InChI=1S/C21H20N2O6/c24-18-11-12-19(25)23(18)29-20(26)17(13-15-7-3-1-4-8-15)22-21(27)28-14-16-9-5-2-6-10-16/h1-10,17H,11-14H2,(H,22,27). The van der Waals surface area contributed by atoms with Crippen LogP contribution in [0.1, 0.15) is 24.0 Å². The van der Waals surface area contributed by atoms with E-state index < -0.39 is 29.9 Å². The van der Waals surface area contributed by atoms with E-state index in [2.05, 4.69) is 5.32 Å². The van der Waals surface area contributed by atoms with Gasteiger partial charge in [0.1, 0.15) is 12.6 Å². The van der Waals surface area contributed by atoms with E-state index in [1.165, 1.54) is 0 Å². The van der Waals surface area contributed by atoms with Crippen LogP contribution >= 0.6 is 0 Å². The van der Waals surface area contributed by atoms with E-state index in [0.29, 0.717) is 5.06 Å². The van der Waals surface area contributed by atoms with Crippen molar-refractivity contribution < 1.29 is 28.8 Å². The Labute approximate surface area is 167 Å². The Bertz CT molecular complexity index is 869. The summed E-state index contributed by atoms with van der Waals surface area (Å²) in [6.45, 7) is 0.0306. The molecule has 8 heteroatoms. The van der Waals surface area contributed by atoms with Gasteiger partial charge in [0.15, 0.2) is 0 Å². The number of benzene rings is 2. The number of hydroxylamine groups is 2. The van der Waals surface area contributed by atoms with Crippen molar-refractivity contribution in [2.24, 2.45) is 0 Å². The molecule has 1 aliphatic heterocycles. The van der Waals surface area contributed by atoms with Gasteiger partial charge in [0.25, 0.3) is 11.8 Å². The van der Waals surface area contributed by atoms with Crippen LogP contribution in [0.5, 0.6) is 0 Å². The van der Waals surface area contributed by atoms with Gasteiger partial charge in [-0.1, -0.05) is 60.7 Å². The monoisotopic (exact) mass is 396 g/mol. The summed E-state index contributed by atoms with van der Waals surface area (Å²) in [5, 5.41) is 2.91. The summed E-state index contributed by atoms with van der Waals surface area (Å²) in [5.41, 5.74) is 1.55. The number of rotatable bonds is 7. The lowest BCUT2D eigenvalue weighted by atomic mass is 10.1. The fourth-order valence-corrected chi connectivity index (χ4v) is 2.76. The van der Waals surface area contributed by atoms with Crippen LogP contribution in [-0.4, -0.2) is 35.0 Å². The second-order valence-corrected chi connectivity index (χ2v) is 6.44. The lowest BCUT2D eigenvalue weighted by Gasteiger charge is -2.20. The van der Waals surface area contributed by atoms with Crippen molar-refractivity contribution in [1.82, 2.24) is 10.4 Å². The first-order chi connectivity index (χ1) is 14.0. The van der Waals surface area contributed by atoms with Gasteiger partial charge in [-0.25, -0.2) is 9.59 Å². The third kappa shape index (κ3) is 5.65. The maximum absolute atomic E-state index is 12.6. The average molecular weight is 396 g/mol. The van der Waals surface area contributed by atoms with Crippen LogP contribution in [0, 0.1) is 0 Å². The van der Waals surface area contributed by atoms with E-state index in [1.54, 1.807) is 36.4 Å². The molecule has 1 saturated heterocycles. The van der Waals surface area contributed by atoms with Crippen molar-refractivity contribution in [3.63, 3.8) is 0 Å². The highest BCUT2D eigenvalue weighted by molar-refractivity contribution is 6.01. The highest BCUT2D eigenvalue weighted by Gasteiger charge is 2.35. The molecule has 1 heterocycles. The Morgan fingerprint density at radius 1 is 0.897 bits per heavy atom. The number of hydrogen-bond acceptors (Lipinski definition) is 6. The number of nitrogens with one attached hydrogen (secondary N) is 1. The minimum Gasteiger partial charge on any atom is -0.445 e. The summed E-state index contributed by atoms with van der Waals surface area (Å²) >= 11 is 0. The topological polar surface area (TPSA) is 102 Å². The predicted octanol–water partition coefficient (Wildman–Crippen LogP) is 2.13. The molecule has 3 rings (SSSR count). The Hall–Kier alpha value is -3.68. The minimum atomic E-state index is -1.14. The number of amides is 3. The average Bonchev–Trinajstić information content (AvgIpc) is 3.05. The zero-order chi connectivity index (χ0) is 20.6. The summed E-state index contributed by atoms with van der Waals surface area (Å²) < 4.78 is 5.15. The molecule has 0 aliphatic carbocycles. The molecule has 3 amide bonds. The zero-order valence-corrected chi connectivity index (χ0v) is 15.6. The Morgan fingerprint density at radius 2 is 1.45 bits per heavy atom. The van der Waals surface area contributed by atoms with Crippen LogP contribution < -0.4 is 5.32 Å². The highest BCUT2D eigenvalue weighted by atomic mass is 16.7. The van der Waals surface area contributed by atoms with E-state index in [0.717, 1.165) is 11.1 Å². The number of imide groups is 1. The predicted molar refractivity (Wildman–Crippen MR) is 101 cm³/mol. The van der Waals surface area contributed by atoms with Crippen LogP contribution in [0.4, 0.5) is 4.79 Å². The highest BCUT2D eigenvalue weighted by Crippen LogP contribution is 2.14. The number of carbonyl (C=O) groups excluding carboxylic acids is 4. The second kappa shape index (κ2) is 9.50. The number of carbonyl (C=O) groups is 4. The molecule has 0 aromatic heterocycles. The van der Waals surface area contributed by atoms with Crippen molar-refractivity contribution in [2.45, 2.75) is 31.9 Å². The molecule has 2 aromatic carbocycles. The number of alkyl carbamates (subject to hydrolysis) is 1. The van der Waals surface area contributed by atoms with Gasteiger partial charge in [0.2, 0.25) is 0 Å². The largest absolute Gasteiger partial charge is 0.445 e. The maximum Gasteiger partial charge on any atom is 0.408 e. The van der Waals surface area contributed by atoms with Gasteiger partial charge in [0.05, 0.1) is 0 Å². The van der Waals surface area contributed by atoms with Crippen molar-refractivity contribution in [3.8, 4) is 0 Å². The van der Waals surface area contributed by atoms with Crippen LogP contribution in [0.2, 0.25) is 0 Å². The molecule has 2 aromatic rings. The third-order valence-corrected chi connectivity index (χ3v) is 4.26. The lowest BCUT2D eigenvalue weighted by Crippen LogP contribution is -2.46. The summed E-state index contributed by atoms with van der Waals surface area (Å²) in [7, 11) is 0. The number of hydrogen-bond donors (Lipinski definition) is 1. The van der Waals surface area contributed by atoms with E-state index in [4.69, 9.17) is 9.57 Å². The quantitative estimate of drug-likeness (QED) is 0.720. The molecule has 8 nitrogen and oxygen atoms in total. The summed E-state index contributed by atoms with van der Waals surface area (Å²) in [6, 6.07) is 16.9. The third-order valence-electron chi connectivity index (χ3n) is 4.26. The number of ether oxygens (including phenoxy) is 1. The Balaban J connectivity index is 1.65. The second-order valence-electron chi connectivity index (χ2n) is 6.44. The van der Waals surface area contributed by atoms with Crippen molar-refractivity contribution in [2.75, 3.05) is 0 Å². The molecule has 0 radical (unpaired) electrons. The van der Waals surface area contributed by atoms with Gasteiger partial charge in [-0.2, -0.15) is 0 Å². The molecule has 1 unspecified atom stereocenters. The summed E-state index contributed by atoms with van der Waals surface area (Å²) in [6.07, 6.45) is -0.730. The van der Waals surface area contributed by atoms with Gasteiger partial charge in [-0.15, -0.1) is 5.06 Å². The van der Waals surface area contributed by atoms with Crippen LogP contribution in [0.15, 0.2) is 60.7 Å². The van der Waals surface area contributed by atoms with Crippen LogP contribution in [0.25, 0.3) is 0 Å². The van der Waals surface area contributed by atoms with Crippen LogP contribution in [0.3, 0.4) is 0 Å². The molecule has 0 bridgehead atoms. The van der Waals surface area contributed by atoms with Gasteiger partial charge in [0, 0.05) is 19.3 Å². The molecule has 150 valence electrons. The molecule has 1 fully saturated rings. The van der Waals surface area contributed by atoms with Crippen molar-refractivity contribution in [1.29, 1.82) is 0 Å². The minimum absolute atomic E-state index is 0.0119. The molecule has 0 saturated carbocycles. The molecule has 1 atom stereocenters. The van der Waals surface area contributed by atoms with Gasteiger partial charge in [-0.05, 0) is 11.1 Å². The van der Waals surface area contributed by atoms with E-state index >= 15 is 0 Å². The molecular weight excluding hydrogens is 376 g/mol. The smallest absolute Gasteiger partial charge is 0.408 e. The fraction of sp³-hybridized carbons (Fsp3) is 0.238. The lowest BCUT2D eigenvalue weighted by molar-refractivity contribution is -0.198. The van der Waals surface area contributed by atoms with E-state index in [-0.39, 0.29) is 25.9 Å². The fourth-order valence-electron chi connectivity index (χ4n) is 2.76. The number of nitrogens with zero attached hydrogens (tertiary/aromatic N) is 1. The van der Waals surface area contributed by atoms with E-state index in [9.17, 15) is 19.2 Å².